The summed E-state index contributed by atoms with van der Waals surface area (Å²) in [6.07, 6.45) is -1.06. The Morgan fingerprint density at radius 2 is 2.09 bits per heavy atom. The molecule has 64 valence electrons. The molecule has 1 rings (SSSR count). The van der Waals surface area contributed by atoms with E-state index in [1.165, 1.54) is 0 Å². The number of carboxylic acid groups (broad SMARTS) is 1. The number of hydrogen-bond donors (Lipinski definition) is 2. The molecule has 0 bridgehead atoms. The number of carbonyl (C=O) groups is 1. The van der Waals surface area contributed by atoms with Crippen LogP contribution < -0.4 is 0 Å². The Kier molecular flexibility index (Phi) is 2.98. The SMILES string of the molecule is O=C(O)N(S)N1CCOCC1. The third-order valence-electron chi connectivity index (χ3n) is 1.43. The molecule has 1 amide bonds. The van der Waals surface area contributed by atoms with Gasteiger partial charge in [-0.2, -0.15) is 4.41 Å². The highest BCUT2D eigenvalue weighted by Crippen LogP contribution is 2.05. The summed E-state index contributed by atoms with van der Waals surface area (Å²) in [5, 5.41) is 10.1. The maximum absolute atomic E-state index is 10.4. The molecule has 0 aromatic carbocycles. The minimum atomic E-state index is -1.06. The number of hydrogen-bond acceptors (Lipinski definition) is 4. The lowest BCUT2D eigenvalue weighted by atomic mass is 10.5. The van der Waals surface area contributed by atoms with Crippen LogP contribution in [0.3, 0.4) is 0 Å². The topological polar surface area (TPSA) is 53.0 Å². The summed E-state index contributed by atoms with van der Waals surface area (Å²) in [6.45, 7) is 2.28. The maximum atomic E-state index is 10.4. The minimum Gasteiger partial charge on any atom is -0.463 e. The Hall–Kier alpha value is -0.460. The van der Waals surface area contributed by atoms with Crippen LogP contribution >= 0.6 is 12.8 Å². The molecule has 1 N–H and O–H groups in total. The van der Waals surface area contributed by atoms with Crippen molar-refractivity contribution in [3.8, 4) is 0 Å². The van der Waals surface area contributed by atoms with Crippen LogP contribution in [0.25, 0.3) is 0 Å². The van der Waals surface area contributed by atoms with E-state index in [4.69, 9.17) is 9.84 Å². The highest BCUT2D eigenvalue weighted by molar-refractivity contribution is 7.78. The Morgan fingerprint density at radius 1 is 1.55 bits per heavy atom. The third-order valence-corrected chi connectivity index (χ3v) is 1.85. The molecule has 1 heterocycles. The van der Waals surface area contributed by atoms with Gasteiger partial charge in [0.25, 0.3) is 0 Å². The fraction of sp³-hybridized carbons (Fsp3) is 0.800. The van der Waals surface area contributed by atoms with Gasteiger partial charge >= 0.3 is 6.09 Å². The molecule has 11 heavy (non-hydrogen) atoms. The first-order valence-corrected chi connectivity index (χ1v) is 3.66. The number of nitrogens with zero attached hydrogens (tertiary/aromatic N) is 2. The molecule has 0 saturated carbocycles. The first-order valence-electron chi connectivity index (χ1n) is 3.26. The van der Waals surface area contributed by atoms with Crippen molar-refractivity contribution in [2.75, 3.05) is 26.3 Å². The number of hydrazine groups is 1. The fourth-order valence-corrected chi connectivity index (χ4v) is 1.04. The number of ether oxygens (including phenoxy) is 1. The monoisotopic (exact) mass is 178 g/mol. The van der Waals surface area contributed by atoms with Gasteiger partial charge in [-0.05, 0) is 12.8 Å². The van der Waals surface area contributed by atoms with E-state index in [2.05, 4.69) is 12.8 Å². The lowest BCUT2D eigenvalue weighted by Crippen LogP contribution is -2.46. The van der Waals surface area contributed by atoms with Crippen molar-refractivity contribution in [2.24, 2.45) is 0 Å². The molecule has 6 heteroatoms. The van der Waals surface area contributed by atoms with Gasteiger partial charge in [-0.3, -0.25) is 0 Å². The molecular formula is C5H10N2O3S. The molecule has 0 spiro atoms. The second-order valence-corrected chi connectivity index (χ2v) is 2.52. The van der Waals surface area contributed by atoms with Crippen LogP contribution in [0.5, 0.6) is 0 Å². The standard InChI is InChI=1S/C5H10N2O3S/c8-5(9)7(11)6-1-3-10-4-2-6/h11H,1-4H2,(H,8,9). The van der Waals surface area contributed by atoms with Crippen molar-refractivity contribution in [2.45, 2.75) is 0 Å². The summed E-state index contributed by atoms with van der Waals surface area (Å²) >= 11 is 3.77. The third kappa shape index (κ3) is 2.25. The quantitative estimate of drug-likeness (QED) is 0.557. The van der Waals surface area contributed by atoms with E-state index in [0.717, 1.165) is 4.41 Å². The van der Waals surface area contributed by atoms with Crippen molar-refractivity contribution in [3.05, 3.63) is 0 Å². The van der Waals surface area contributed by atoms with Crippen LogP contribution in [0.2, 0.25) is 0 Å². The van der Waals surface area contributed by atoms with Crippen LogP contribution in [-0.4, -0.2) is 46.9 Å². The summed E-state index contributed by atoms with van der Waals surface area (Å²) in [5.74, 6) is 0. The zero-order valence-electron chi connectivity index (χ0n) is 5.93. The van der Waals surface area contributed by atoms with Gasteiger partial charge in [0.1, 0.15) is 0 Å². The van der Waals surface area contributed by atoms with Crippen LogP contribution in [-0.2, 0) is 4.74 Å². The highest BCUT2D eigenvalue weighted by Gasteiger charge is 2.19. The first kappa shape index (κ1) is 8.63. The second-order valence-electron chi connectivity index (χ2n) is 2.14. The van der Waals surface area contributed by atoms with Crippen molar-refractivity contribution >= 4 is 18.9 Å². The van der Waals surface area contributed by atoms with Gasteiger partial charge in [0, 0.05) is 13.1 Å². The van der Waals surface area contributed by atoms with Gasteiger partial charge in [0.2, 0.25) is 0 Å². The molecule has 0 aliphatic carbocycles. The summed E-state index contributed by atoms with van der Waals surface area (Å²) < 4.78 is 5.93. The molecule has 0 aromatic heterocycles. The zero-order valence-corrected chi connectivity index (χ0v) is 6.83. The average molecular weight is 178 g/mol. The van der Waals surface area contributed by atoms with Gasteiger partial charge in [0.05, 0.1) is 13.2 Å². The van der Waals surface area contributed by atoms with Crippen molar-refractivity contribution in [1.82, 2.24) is 9.42 Å². The lowest BCUT2D eigenvalue weighted by Gasteiger charge is -2.31. The minimum absolute atomic E-state index is 0.560. The fourth-order valence-electron chi connectivity index (χ4n) is 0.864. The maximum Gasteiger partial charge on any atom is 0.432 e. The van der Waals surface area contributed by atoms with Gasteiger partial charge in [-0.25, -0.2) is 9.80 Å². The van der Waals surface area contributed by atoms with Crippen LogP contribution in [0.4, 0.5) is 4.79 Å². The second kappa shape index (κ2) is 3.80. The largest absolute Gasteiger partial charge is 0.463 e. The first-order chi connectivity index (χ1) is 5.22. The summed E-state index contributed by atoms with van der Waals surface area (Å²) in [6, 6.07) is 0. The molecule has 5 nitrogen and oxygen atoms in total. The molecule has 0 atom stereocenters. The van der Waals surface area contributed by atoms with Gasteiger partial charge < -0.3 is 9.84 Å². The molecule has 1 fully saturated rings. The van der Waals surface area contributed by atoms with Crippen LogP contribution in [0, 0.1) is 0 Å². The summed E-state index contributed by atoms with van der Waals surface area (Å²) in [4.78, 5) is 10.4. The summed E-state index contributed by atoms with van der Waals surface area (Å²) in [5.41, 5.74) is 0. The summed E-state index contributed by atoms with van der Waals surface area (Å²) in [7, 11) is 0. The Labute approximate surface area is 70.0 Å². The van der Waals surface area contributed by atoms with E-state index in [1.54, 1.807) is 5.01 Å². The zero-order chi connectivity index (χ0) is 8.27. The van der Waals surface area contributed by atoms with Crippen LogP contribution in [0.15, 0.2) is 0 Å². The Bertz CT molecular complexity index is 149. The van der Waals surface area contributed by atoms with Gasteiger partial charge in [-0.1, -0.05) is 0 Å². The Balaban J connectivity index is 2.38. The van der Waals surface area contributed by atoms with Crippen molar-refractivity contribution in [1.29, 1.82) is 0 Å². The number of thiol groups is 1. The molecule has 1 aliphatic heterocycles. The van der Waals surface area contributed by atoms with E-state index in [0.29, 0.717) is 26.3 Å². The molecule has 0 radical (unpaired) electrons. The van der Waals surface area contributed by atoms with Gasteiger partial charge in [0.15, 0.2) is 0 Å². The number of morpholine rings is 1. The highest BCUT2D eigenvalue weighted by atomic mass is 32.1. The predicted molar refractivity (Wildman–Crippen MR) is 41.2 cm³/mol. The van der Waals surface area contributed by atoms with E-state index >= 15 is 0 Å². The lowest BCUT2D eigenvalue weighted by molar-refractivity contribution is -0.0271. The molecular weight excluding hydrogens is 168 g/mol. The van der Waals surface area contributed by atoms with E-state index in [1.807, 2.05) is 0 Å². The molecule has 0 aromatic rings. The van der Waals surface area contributed by atoms with Gasteiger partial charge in [-0.15, -0.1) is 0 Å². The number of rotatable bonds is 1. The normalized spacial score (nSPS) is 19.7. The van der Waals surface area contributed by atoms with Crippen molar-refractivity contribution < 1.29 is 14.6 Å². The molecule has 1 aliphatic rings. The average Bonchev–Trinajstić information content (AvgIpc) is 2.05. The van der Waals surface area contributed by atoms with Crippen LogP contribution in [0.1, 0.15) is 0 Å². The van der Waals surface area contributed by atoms with Crippen molar-refractivity contribution in [3.63, 3.8) is 0 Å². The molecule has 1 saturated heterocycles. The predicted octanol–water partition coefficient (Wildman–Crippen LogP) is 0.0584. The van der Waals surface area contributed by atoms with E-state index in [-0.39, 0.29) is 0 Å². The smallest absolute Gasteiger partial charge is 0.432 e. The molecule has 0 unspecified atom stereocenters. The number of amides is 1. The van der Waals surface area contributed by atoms with E-state index in [9.17, 15) is 4.79 Å². The Morgan fingerprint density at radius 3 is 2.55 bits per heavy atom. The van der Waals surface area contributed by atoms with E-state index < -0.39 is 6.09 Å².